The largest absolute Gasteiger partial charge is 0.462 e. The van der Waals surface area contributed by atoms with Gasteiger partial charge in [-0.3, -0.25) is 19.3 Å². The molecule has 1 fully saturated rings. The van der Waals surface area contributed by atoms with Crippen molar-refractivity contribution >= 4 is 46.0 Å². The van der Waals surface area contributed by atoms with Gasteiger partial charge in [0.1, 0.15) is 16.0 Å². The summed E-state index contributed by atoms with van der Waals surface area (Å²) in [6, 6.07) is 6.61. The maximum absolute atomic E-state index is 12.9. The van der Waals surface area contributed by atoms with E-state index in [0.717, 1.165) is 48.3 Å². The molecule has 1 aromatic carbocycles. The predicted molar refractivity (Wildman–Crippen MR) is 137 cm³/mol. The molecule has 1 N–H and O–H groups in total. The van der Waals surface area contributed by atoms with Gasteiger partial charge < -0.3 is 14.8 Å². The van der Waals surface area contributed by atoms with E-state index in [0.29, 0.717) is 16.7 Å². The second-order valence-corrected chi connectivity index (χ2v) is 10.1. The number of esters is 2. The molecule has 0 radical (unpaired) electrons. The molecule has 1 aliphatic heterocycles. The van der Waals surface area contributed by atoms with E-state index in [2.05, 4.69) is 5.32 Å². The molecule has 0 bridgehead atoms. The predicted octanol–water partition coefficient (Wildman–Crippen LogP) is 4.74. The van der Waals surface area contributed by atoms with E-state index in [9.17, 15) is 24.0 Å². The van der Waals surface area contributed by atoms with Crippen LogP contribution >= 0.6 is 11.3 Å². The number of nitrogens with zero attached hydrogens (tertiary/aromatic N) is 1. The molecule has 4 rings (SSSR count). The van der Waals surface area contributed by atoms with Crippen LogP contribution in [0.4, 0.5) is 5.00 Å². The fourth-order valence-corrected chi connectivity index (χ4v) is 5.76. The number of hydrogen-bond acceptors (Lipinski definition) is 8. The van der Waals surface area contributed by atoms with Gasteiger partial charge in [-0.15, -0.1) is 11.3 Å². The second kappa shape index (κ2) is 11.7. The number of fused-ring (bicyclic) bond motifs is 1. The highest BCUT2D eigenvalue weighted by Gasteiger charge is 2.35. The highest BCUT2D eigenvalue weighted by Crippen LogP contribution is 2.35. The van der Waals surface area contributed by atoms with E-state index >= 15 is 0 Å². The molecule has 2 aromatic rings. The Hall–Kier alpha value is -3.53. The number of ether oxygens (including phenoxy) is 2. The number of benzene rings is 1. The van der Waals surface area contributed by atoms with E-state index in [1.807, 2.05) is 0 Å². The van der Waals surface area contributed by atoms with Crippen LogP contribution in [0.25, 0.3) is 0 Å². The summed E-state index contributed by atoms with van der Waals surface area (Å²) in [7, 11) is 0. The van der Waals surface area contributed by atoms with Crippen molar-refractivity contribution in [3.63, 3.8) is 0 Å². The molecule has 1 saturated carbocycles. The van der Waals surface area contributed by atoms with Crippen molar-refractivity contribution < 1.29 is 33.4 Å². The monoisotopic (exact) mass is 526 g/mol. The first-order valence-electron chi connectivity index (χ1n) is 12.6. The summed E-state index contributed by atoms with van der Waals surface area (Å²) in [4.78, 5) is 64.7. The molecular formula is C27H30N2O7S. The quantitative estimate of drug-likeness (QED) is 0.370. The van der Waals surface area contributed by atoms with Crippen molar-refractivity contribution in [2.75, 3.05) is 18.5 Å². The second-order valence-electron chi connectivity index (χ2n) is 9.11. The van der Waals surface area contributed by atoms with Gasteiger partial charge in [0.2, 0.25) is 5.91 Å². The summed E-state index contributed by atoms with van der Waals surface area (Å²) in [6.07, 6.45) is 4.89. The lowest BCUT2D eigenvalue weighted by Gasteiger charge is -2.21. The van der Waals surface area contributed by atoms with E-state index in [1.165, 1.54) is 0 Å². The van der Waals surface area contributed by atoms with Gasteiger partial charge in [0.15, 0.2) is 0 Å². The van der Waals surface area contributed by atoms with Gasteiger partial charge in [-0.2, -0.15) is 0 Å². The van der Waals surface area contributed by atoms with E-state index in [1.54, 1.807) is 38.1 Å². The molecular weight excluding hydrogens is 496 g/mol. The molecule has 0 saturated heterocycles. The Morgan fingerprint density at radius 1 is 1.03 bits per heavy atom. The first-order valence-corrected chi connectivity index (χ1v) is 13.4. The minimum absolute atomic E-state index is 0.00840. The van der Waals surface area contributed by atoms with Gasteiger partial charge >= 0.3 is 11.9 Å². The van der Waals surface area contributed by atoms with Crippen molar-refractivity contribution in [3.8, 4) is 0 Å². The zero-order valence-electron chi connectivity index (χ0n) is 21.0. The smallest absolute Gasteiger partial charge is 0.348 e. The van der Waals surface area contributed by atoms with Crippen LogP contribution in [-0.2, 0) is 14.3 Å². The Labute approximate surface area is 219 Å². The van der Waals surface area contributed by atoms with Crippen molar-refractivity contribution in [2.24, 2.45) is 0 Å². The zero-order valence-corrected chi connectivity index (χ0v) is 21.8. The van der Waals surface area contributed by atoms with Crippen LogP contribution in [0.5, 0.6) is 0 Å². The molecule has 2 heterocycles. The van der Waals surface area contributed by atoms with Crippen LogP contribution in [0.1, 0.15) is 98.2 Å². The Bertz CT molecular complexity index is 1190. The number of carbonyl (C=O) groups is 5. The highest BCUT2D eigenvalue weighted by molar-refractivity contribution is 7.18. The summed E-state index contributed by atoms with van der Waals surface area (Å²) in [6.45, 7) is 3.55. The number of thiophene rings is 1. The normalized spacial score (nSPS) is 15.5. The van der Waals surface area contributed by atoms with Gasteiger partial charge in [0.05, 0.1) is 23.3 Å². The molecule has 3 amide bonds. The molecule has 0 unspecified atom stereocenters. The first kappa shape index (κ1) is 26.5. The summed E-state index contributed by atoms with van der Waals surface area (Å²) in [5, 5.41) is 2.94. The Morgan fingerprint density at radius 3 is 2.30 bits per heavy atom. The SMILES string of the molecule is CCOC(=O)c1c(NC(=O)CCCN2C(=O)c3ccccc3C2=O)sc(C(=O)OC2CCCCC2)c1C. The summed E-state index contributed by atoms with van der Waals surface area (Å²) < 4.78 is 10.8. The molecule has 1 aliphatic carbocycles. The third-order valence-corrected chi connectivity index (χ3v) is 7.74. The summed E-state index contributed by atoms with van der Waals surface area (Å²) >= 11 is 0.991. The first-order chi connectivity index (χ1) is 17.8. The number of rotatable bonds is 9. The molecule has 2 aliphatic rings. The standard InChI is InChI=1S/C27H30N2O7S/c1-3-35-26(33)21-16(2)22(27(34)36-17-10-5-4-6-11-17)37-23(21)28-20(30)14-9-15-29-24(31)18-12-7-8-13-19(18)25(29)32/h7-8,12-13,17H,3-6,9-11,14-15H2,1-2H3,(H,28,30). The fraction of sp³-hybridized carbons (Fsp3) is 0.444. The molecule has 37 heavy (non-hydrogen) atoms. The lowest BCUT2D eigenvalue weighted by Crippen LogP contribution is -2.31. The van der Waals surface area contributed by atoms with Crippen LogP contribution < -0.4 is 5.32 Å². The van der Waals surface area contributed by atoms with Gasteiger partial charge in [-0.1, -0.05) is 18.6 Å². The van der Waals surface area contributed by atoms with Crippen molar-refractivity contribution in [2.45, 2.75) is 64.9 Å². The molecule has 0 atom stereocenters. The fourth-order valence-electron chi connectivity index (χ4n) is 4.66. The minimum atomic E-state index is -0.630. The third kappa shape index (κ3) is 5.74. The number of amides is 3. The summed E-state index contributed by atoms with van der Waals surface area (Å²) in [5.74, 6) is -2.29. The minimum Gasteiger partial charge on any atom is -0.462 e. The van der Waals surface area contributed by atoms with E-state index in [-0.39, 0.29) is 59.4 Å². The lowest BCUT2D eigenvalue weighted by molar-refractivity contribution is -0.116. The van der Waals surface area contributed by atoms with Gasteiger partial charge in [-0.25, -0.2) is 9.59 Å². The van der Waals surface area contributed by atoms with Gasteiger partial charge in [0, 0.05) is 13.0 Å². The lowest BCUT2D eigenvalue weighted by atomic mass is 9.98. The van der Waals surface area contributed by atoms with Crippen LogP contribution in [-0.4, -0.2) is 53.8 Å². The van der Waals surface area contributed by atoms with Crippen molar-refractivity contribution in [1.29, 1.82) is 0 Å². The summed E-state index contributed by atoms with van der Waals surface area (Å²) in [5.41, 5.74) is 1.26. The molecule has 0 spiro atoms. The number of anilines is 1. The maximum Gasteiger partial charge on any atom is 0.348 e. The number of carbonyl (C=O) groups excluding carboxylic acids is 5. The number of nitrogens with one attached hydrogen (secondary N) is 1. The third-order valence-electron chi connectivity index (χ3n) is 6.55. The van der Waals surface area contributed by atoms with Gasteiger partial charge in [-0.05, 0) is 63.6 Å². The number of hydrogen-bond donors (Lipinski definition) is 1. The van der Waals surface area contributed by atoms with Gasteiger partial charge in [0.25, 0.3) is 11.8 Å². The van der Waals surface area contributed by atoms with Crippen molar-refractivity contribution in [1.82, 2.24) is 4.90 Å². The average molecular weight is 527 g/mol. The molecule has 10 heteroatoms. The van der Waals surface area contributed by atoms with Crippen LogP contribution in [0.2, 0.25) is 0 Å². The van der Waals surface area contributed by atoms with Crippen LogP contribution in [0, 0.1) is 6.92 Å². The molecule has 9 nitrogen and oxygen atoms in total. The molecule has 196 valence electrons. The number of imide groups is 1. The Kier molecular flexibility index (Phi) is 8.38. The Balaban J connectivity index is 1.41. The van der Waals surface area contributed by atoms with Crippen LogP contribution in [0.3, 0.4) is 0 Å². The Morgan fingerprint density at radius 2 is 1.68 bits per heavy atom. The van der Waals surface area contributed by atoms with Crippen molar-refractivity contribution in [3.05, 3.63) is 51.4 Å². The zero-order chi connectivity index (χ0) is 26.5. The molecule has 1 aromatic heterocycles. The maximum atomic E-state index is 12.9. The van der Waals surface area contributed by atoms with Crippen LogP contribution in [0.15, 0.2) is 24.3 Å². The highest BCUT2D eigenvalue weighted by atomic mass is 32.1. The topological polar surface area (TPSA) is 119 Å². The average Bonchev–Trinajstić information content (AvgIpc) is 3.33. The van der Waals surface area contributed by atoms with E-state index in [4.69, 9.17) is 9.47 Å². The van der Waals surface area contributed by atoms with E-state index < -0.39 is 17.8 Å².